The number of imide groups is 1. The average Bonchev–Trinajstić information content (AvgIpc) is 3.28. The zero-order chi connectivity index (χ0) is 22.6. The Kier molecular flexibility index (Phi) is 7.09. The third kappa shape index (κ3) is 4.95. The molecule has 1 aliphatic carbocycles. The number of esters is 1. The van der Waals surface area contributed by atoms with E-state index in [-0.39, 0.29) is 17.6 Å². The first-order valence-electron chi connectivity index (χ1n) is 10.4. The fraction of sp³-hybridized carbons (Fsp3) is 0.571. The summed E-state index contributed by atoms with van der Waals surface area (Å²) in [5, 5.41) is 2.69. The molecule has 31 heavy (non-hydrogen) atoms. The van der Waals surface area contributed by atoms with Gasteiger partial charge in [0.15, 0.2) is 6.61 Å². The van der Waals surface area contributed by atoms with Crippen molar-refractivity contribution in [3.8, 4) is 0 Å². The van der Waals surface area contributed by atoms with Crippen molar-refractivity contribution in [2.75, 3.05) is 26.7 Å². The maximum Gasteiger partial charge on any atom is 0.327 e. The number of urea groups is 1. The van der Waals surface area contributed by atoms with Crippen molar-refractivity contribution in [2.45, 2.75) is 51.0 Å². The minimum absolute atomic E-state index is 0.115. The lowest BCUT2D eigenvalue weighted by Crippen LogP contribution is -2.49. The van der Waals surface area contributed by atoms with Crippen LogP contribution in [0.2, 0.25) is 0 Å². The quantitative estimate of drug-likeness (QED) is 0.368. The zero-order valence-electron chi connectivity index (χ0n) is 17.8. The van der Waals surface area contributed by atoms with Gasteiger partial charge in [-0.15, -0.1) is 11.3 Å². The molecule has 0 aromatic carbocycles. The van der Waals surface area contributed by atoms with Gasteiger partial charge in [0.05, 0.1) is 4.88 Å². The predicted molar refractivity (Wildman–Crippen MR) is 113 cm³/mol. The number of carbonyl (C=O) groups excluding carboxylic acids is 5. The van der Waals surface area contributed by atoms with E-state index in [1.54, 1.807) is 19.2 Å². The van der Waals surface area contributed by atoms with E-state index in [4.69, 9.17) is 4.74 Å². The van der Waals surface area contributed by atoms with E-state index in [1.165, 1.54) is 23.2 Å². The van der Waals surface area contributed by atoms with E-state index >= 15 is 0 Å². The maximum atomic E-state index is 12.9. The van der Waals surface area contributed by atoms with Gasteiger partial charge in [0.2, 0.25) is 11.7 Å². The first kappa shape index (κ1) is 22.9. The number of carbonyl (C=O) groups is 5. The zero-order valence-corrected chi connectivity index (χ0v) is 18.6. The van der Waals surface area contributed by atoms with Crippen molar-refractivity contribution in [2.24, 2.45) is 0 Å². The number of Topliss-reactive ketones (excluding diaryl/α,β-unsaturated/α-hetero) is 1. The SMILES string of the molecule is CC(=O)NCCc1ccc(C(=O)COC(=O)CN2C(=O)N(C)C3(CCCCC3)C2=O)s1. The van der Waals surface area contributed by atoms with Gasteiger partial charge in [0, 0.05) is 25.4 Å². The number of nitrogens with zero attached hydrogens (tertiary/aromatic N) is 2. The molecule has 10 heteroatoms. The topological polar surface area (TPSA) is 113 Å². The fourth-order valence-corrected chi connectivity index (χ4v) is 5.02. The molecule has 9 nitrogen and oxygen atoms in total. The van der Waals surface area contributed by atoms with Gasteiger partial charge >= 0.3 is 12.0 Å². The van der Waals surface area contributed by atoms with Crippen LogP contribution in [-0.2, 0) is 25.5 Å². The molecule has 1 aromatic heterocycles. The highest BCUT2D eigenvalue weighted by molar-refractivity contribution is 7.14. The molecule has 0 bridgehead atoms. The van der Waals surface area contributed by atoms with Crippen molar-refractivity contribution >= 4 is 40.9 Å². The van der Waals surface area contributed by atoms with E-state index in [2.05, 4.69) is 5.32 Å². The summed E-state index contributed by atoms with van der Waals surface area (Å²) in [5.74, 6) is -1.62. The summed E-state index contributed by atoms with van der Waals surface area (Å²) in [4.78, 5) is 64.7. The number of hydrogen-bond donors (Lipinski definition) is 1. The van der Waals surface area contributed by atoms with Crippen LogP contribution >= 0.6 is 11.3 Å². The molecule has 0 radical (unpaired) electrons. The molecular weight excluding hydrogens is 422 g/mol. The van der Waals surface area contributed by atoms with Crippen molar-refractivity contribution < 1.29 is 28.7 Å². The summed E-state index contributed by atoms with van der Waals surface area (Å²) in [6.07, 6.45) is 4.56. The Morgan fingerprint density at radius 1 is 1.16 bits per heavy atom. The molecule has 2 fully saturated rings. The van der Waals surface area contributed by atoms with Crippen LogP contribution in [-0.4, -0.2) is 71.7 Å². The van der Waals surface area contributed by atoms with E-state index < -0.39 is 30.7 Å². The molecule has 1 N–H and O–H groups in total. The minimum atomic E-state index is -0.851. The van der Waals surface area contributed by atoms with Crippen LogP contribution in [0.25, 0.3) is 0 Å². The third-order valence-corrected chi connectivity index (χ3v) is 7.00. The maximum absolute atomic E-state index is 12.9. The van der Waals surface area contributed by atoms with Crippen molar-refractivity contribution in [3.63, 3.8) is 0 Å². The molecule has 0 atom stereocenters. The Bertz CT molecular complexity index is 889. The number of likely N-dealkylation sites (N-methyl/N-ethyl adjacent to an activating group) is 1. The monoisotopic (exact) mass is 449 g/mol. The average molecular weight is 450 g/mol. The van der Waals surface area contributed by atoms with Gasteiger partial charge in [-0.25, -0.2) is 4.79 Å². The van der Waals surface area contributed by atoms with Crippen LogP contribution in [0, 0.1) is 0 Å². The Morgan fingerprint density at radius 2 is 1.87 bits per heavy atom. The molecule has 3 rings (SSSR count). The van der Waals surface area contributed by atoms with E-state index in [0.717, 1.165) is 29.0 Å². The van der Waals surface area contributed by atoms with E-state index in [0.29, 0.717) is 30.7 Å². The van der Waals surface area contributed by atoms with Crippen LogP contribution in [0.1, 0.15) is 53.6 Å². The standard InChI is InChI=1S/C21H27N3O6S/c1-14(25)22-11-8-15-6-7-17(31-15)16(26)13-30-18(27)12-24-19(28)21(23(2)20(24)29)9-4-3-5-10-21/h6-7H,3-5,8-13H2,1-2H3,(H,22,25). The molecule has 1 aromatic rings. The van der Waals surface area contributed by atoms with E-state index in [1.807, 2.05) is 0 Å². The largest absolute Gasteiger partial charge is 0.456 e. The molecule has 1 saturated carbocycles. The number of amides is 4. The molecule has 1 saturated heterocycles. The molecule has 2 aliphatic rings. The van der Waals surface area contributed by atoms with Gasteiger partial charge in [0.25, 0.3) is 5.91 Å². The first-order chi connectivity index (χ1) is 14.7. The minimum Gasteiger partial charge on any atom is -0.456 e. The van der Waals surface area contributed by atoms with Gasteiger partial charge in [-0.1, -0.05) is 19.3 Å². The molecule has 1 spiro atoms. The number of ether oxygens (including phenoxy) is 1. The Morgan fingerprint density at radius 3 is 2.55 bits per heavy atom. The lowest BCUT2D eigenvalue weighted by atomic mass is 9.81. The normalized spacial score (nSPS) is 17.9. The van der Waals surface area contributed by atoms with Crippen LogP contribution < -0.4 is 5.32 Å². The highest BCUT2D eigenvalue weighted by Crippen LogP contribution is 2.39. The highest BCUT2D eigenvalue weighted by Gasteiger charge is 2.55. The second kappa shape index (κ2) is 9.59. The van der Waals surface area contributed by atoms with Gasteiger partial charge in [-0.05, 0) is 31.4 Å². The molecule has 1 aliphatic heterocycles. The summed E-state index contributed by atoms with van der Waals surface area (Å²) in [7, 11) is 1.60. The second-order valence-corrected chi connectivity index (χ2v) is 9.08. The number of nitrogens with one attached hydrogen (secondary N) is 1. The number of rotatable bonds is 8. The highest BCUT2D eigenvalue weighted by atomic mass is 32.1. The van der Waals surface area contributed by atoms with Gasteiger partial charge in [-0.2, -0.15) is 0 Å². The summed E-state index contributed by atoms with van der Waals surface area (Å²) in [6.45, 7) is 0.964. The lowest BCUT2D eigenvalue weighted by Gasteiger charge is -2.35. The Hall–Kier alpha value is -2.75. The molecule has 0 unspecified atom stereocenters. The molecular formula is C21H27N3O6S. The Balaban J connectivity index is 1.50. The fourth-order valence-electron chi connectivity index (χ4n) is 4.09. The van der Waals surface area contributed by atoms with Crippen LogP contribution in [0.15, 0.2) is 12.1 Å². The second-order valence-electron chi connectivity index (χ2n) is 7.91. The molecule has 4 amide bonds. The molecule has 168 valence electrons. The van der Waals surface area contributed by atoms with E-state index in [9.17, 15) is 24.0 Å². The summed E-state index contributed by atoms with van der Waals surface area (Å²) >= 11 is 1.28. The van der Waals surface area contributed by atoms with Crippen LogP contribution in [0.5, 0.6) is 0 Å². The van der Waals surface area contributed by atoms with Gasteiger partial charge in [-0.3, -0.25) is 24.1 Å². The van der Waals surface area contributed by atoms with Crippen molar-refractivity contribution in [1.29, 1.82) is 0 Å². The van der Waals surface area contributed by atoms with Crippen molar-refractivity contribution in [3.05, 3.63) is 21.9 Å². The Labute approximate surface area is 184 Å². The third-order valence-electron chi connectivity index (χ3n) is 5.82. The van der Waals surface area contributed by atoms with Gasteiger partial charge in [0.1, 0.15) is 12.1 Å². The summed E-state index contributed by atoms with van der Waals surface area (Å²) < 4.78 is 5.05. The smallest absolute Gasteiger partial charge is 0.327 e. The number of hydrogen-bond acceptors (Lipinski definition) is 7. The van der Waals surface area contributed by atoms with Gasteiger partial charge < -0.3 is 15.0 Å². The first-order valence-corrected chi connectivity index (χ1v) is 11.2. The predicted octanol–water partition coefficient (Wildman–Crippen LogP) is 1.75. The number of thiophene rings is 1. The molecule has 2 heterocycles. The lowest BCUT2D eigenvalue weighted by molar-refractivity contribution is -0.147. The number of ketones is 1. The summed E-state index contributed by atoms with van der Waals surface area (Å²) in [6, 6.07) is 2.94. The summed E-state index contributed by atoms with van der Waals surface area (Å²) in [5.41, 5.74) is -0.851. The van der Waals surface area contributed by atoms with Crippen molar-refractivity contribution in [1.82, 2.24) is 15.1 Å². The van der Waals surface area contributed by atoms with Crippen LogP contribution in [0.3, 0.4) is 0 Å². The van der Waals surface area contributed by atoms with Crippen LogP contribution in [0.4, 0.5) is 4.79 Å².